The van der Waals surface area contributed by atoms with Crippen LogP contribution in [0.25, 0.3) is 0 Å². The molecule has 1 aromatic rings. The molecule has 0 aliphatic carbocycles. The Morgan fingerprint density at radius 3 is 2.38 bits per heavy atom. The number of quaternary nitrogens is 1. The van der Waals surface area contributed by atoms with Gasteiger partial charge >= 0.3 is 0 Å². The van der Waals surface area contributed by atoms with E-state index in [1.807, 2.05) is 24.3 Å². The van der Waals surface area contributed by atoms with E-state index < -0.39 is 0 Å². The van der Waals surface area contributed by atoms with Gasteiger partial charge in [0.05, 0.1) is 21.1 Å². The summed E-state index contributed by atoms with van der Waals surface area (Å²) in [5.41, 5.74) is 0.772. The number of ether oxygens (including phenoxy) is 1. The van der Waals surface area contributed by atoms with Gasteiger partial charge in [-0.3, -0.25) is 4.79 Å². The highest BCUT2D eigenvalue weighted by Gasteiger charge is 2.06. The molecule has 0 saturated heterocycles. The number of nitrogens with one attached hydrogen (secondary N) is 1. The molecule has 1 rings (SSSR count). The lowest BCUT2D eigenvalue weighted by Crippen LogP contribution is -2.38. The van der Waals surface area contributed by atoms with Gasteiger partial charge in [0.1, 0.15) is 18.9 Å². The minimum atomic E-state index is 0.660. The van der Waals surface area contributed by atoms with E-state index in [-0.39, 0.29) is 0 Å². The maximum Gasteiger partial charge on any atom is 0.211 e. The van der Waals surface area contributed by atoms with Crippen LogP contribution in [0.2, 0.25) is 0 Å². The van der Waals surface area contributed by atoms with E-state index in [2.05, 4.69) is 26.5 Å². The highest BCUT2D eigenvalue weighted by atomic mass is 16.5. The molecule has 0 heterocycles. The van der Waals surface area contributed by atoms with Gasteiger partial charge in [0.2, 0.25) is 6.41 Å². The normalized spacial score (nSPS) is 10.9. The summed E-state index contributed by atoms with van der Waals surface area (Å²) >= 11 is 0. The fourth-order valence-corrected chi connectivity index (χ4v) is 1.15. The summed E-state index contributed by atoms with van der Waals surface area (Å²) in [6.45, 7) is 1.64. The van der Waals surface area contributed by atoms with Gasteiger partial charge in [-0.25, -0.2) is 0 Å². The van der Waals surface area contributed by atoms with Crippen molar-refractivity contribution in [1.82, 2.24) is 0 Å². The Kier molecular flexibility index (Phi) is 4.31. The fraction of sp³-hybridized carbons (Fsp3) is 0.417. The Morgan fingerprint density at radius 1 is 1.25 bits per heavy atom. The van der Waals surface area contributed by atoms with Crippen molar-refractivity contribution in [3.8, 4) is 5.75 Å². The molecule has 1 amide bonds. The lowest BCUT2D eigenvalue weighted by atomic mass is 10.3. The van der Waals surface area contributed by atoms with E-state index in [0.717, 1.165) is 22.5 Å². The van der Waals surface area contributed by atoms with E-state index in [4.69, 9.17) is 4.74 Å². The zero-order valence-electron chi connectivity index (χ0n) is 10.1. The molecule has 0 saturated carbocycles. The van der Waals surface area contributed by atoms with Crippen molar-refractivity contribution >= 4 is 12.1 Å². The van der Waals surface area contributed by atoms with E-state index in [0.29, 0.717) is 13.0 Å². The van der Waals surface area contributed by atoms with Crippen LogP contribution in [0.1, 0.15) is 0 Å². The van der Waals surface area contributed by atoms with Crippen LogP contribution in [0, 0.1) is 0 Å². The van der Waals surface area contributed by atoms with Crippen molar-refractivity contribution in [3.63, 3.8) is 0 Å². The van der Waals surface area contributed by atoms with Gasteiger partial charge in [-0.15, -0.1) is 0 Å². The smallest absolute Gasteiger partial charge is 0.211 e. The molecule has 16 heavy (non-hydrogen) atoms. The Morgan fingerprint density at radius 2 is 1.88 bits per heavy atom. The number of benzene rings is 1. The second kappa shape index (κ2) is 5.51. The van der Waals surface area contributed by atoms with Gasteiger partial charge in [0.15, 0.2) is 0 Å². The third-order valence-electron chi connectivity index (χ3n) is 2.11. The molecule has 0 radical (unpaired) electrons. The summed E-state index contributed by atoms with van der Waals surface area (Å²) in [5, 5.41) is 2.58. The third-order valence-corrected chi connectivity index (χ3v) is 2.11. The summed E-state index contributed by atoms with van der Waals surface area (Å²) < 4.78 is 6.46. The fourth-order valence-electron chi connectivity index (χ4n) is 1.15. The van der Waals surface area contributed by atoms with Crippen LogP contribution in [-0.2, 0) is 4.79 Å². The van der Waals surface area contributed by atoms with Crippen molar-refractivity contribution in [3.05, 3.63) is 24.3 Å². The van der Waals surface area contributed by atoms with Crippen LogP contribution >= 0.6 is 0 Å². The highest BCUT2D eigenvalue weighted by Crippen LogP contribution is 2.15. The van der Waals surface area contributed by atoms with Gasteiger partial charge in [0.25, 0.3) is 0 Å². The monoisotopic (exact) mass is 223 g/mol. The van der Waals surface area contributed by atoms with E-state index in [1.54, 1.807) is 0 Å². The summed E-state index contributed by atoms with van der Waals surface area (Å²) in [6, 6.07) is 7.33. The summed E-state index contributed by atoms with van der Waals surface area (Å²) in [4.78, 5) is 10.2. The molecule has 0 fully saturated rings. The van der Waals surface area contributed by atoms with E-state index in [1.165, 1.54) is 0 Å². The first-order chi connectivity index (χ1) is 7.51. The van der Waals surface area contributed by atoms with Crippen molar-refractivity contribution in [2.24, 2.45) is 0 Å². The number of anilines is 1. The molecular formula is C12H19N2O2+. The third kappa shape index (κ3) is 4.79. The Bertz CT molecular complexity index is 328. The molecule has 1 N–H and O–H groups in total. The van der Waals surface area contributed by atoms with Crippen molar-refractivity contribution in [2.75, 3.05) is 39.6 Å². The highest BCUT2D eigenvalue weighted by molar-refractivity contribution is 5.71. The number of likely N-dealkylation sites (N-methyl/N-ethyl adjacent to an activating group) is 1. The molecule has 4 nitrogen and oxygen atoms in total. The molecule has 4 heteroatoms. The van der Waals surface area contributed by atoms with Crippen LogP contribution in [0.4, 0.5) is 5.69 Å². The lowest BCUT2D eigenvalue weighted by Gasteiger charge is -2.23. The SMILES string of the molecule is C[N+](C)(C)CCOc1ccc(NC=O)cc1. The summed E-state index contributed by atoms with van der Waals surface area (Å²) in [5.74, 6) is 0.824. The number of carbonyl (C=O) groups excluding carboxylic acids is 1. The largest absolute Gasteiger partial charge is 0.488 e. The van der Waals surface area contributed by atoms with Crippen molar-refractivity contribution in [1.29, 1.82) is 0 Å². The number of rotatable bonds is 6. The Hall–Kier alpha value is -1.55. The predicted molar refractivity (Wildman–Crippen MR) is 64.5 cm³/mol. The van der Waals surface area contributed by atoms with E-state index in [9.17, 15) is 4.79 Å². The summed E-state index contributed by atoms with van der Waals surface area (Å²) in [6.07, 6.45) is 0.660. The first-order valence-corrected chi connectivity index (χ1v) is 5.25. The van der Waals surface area contributed by atoms with Gasteiger partial charge in [-0.2, -0.15) is 0 Å². The quantitative estimate of drug-likeness (QED) is 0.584. The minimum Gasteiger partial charge on any atom is -0.488 e. The Balaban J connectivity index is 2.40. The zero-order chi connectivity index (χ0) is 12.0. The predicted octanol–water partition coefficient (Wildman–Crippen LogP) is 1.34. The lowest BCUT2D eigenvalue weighted by molar-refractivity contribution is -0.870. The number of hydrogen-bond donors (Lipinski definition) is 1. The van der Waals surface area contributed by atoms with Gasteiger partial charge < -0.3 is 14.5 Å². The minimum absolute atomic E-state index is 0.660. The molecule has 0 aliphatic rings. The molecule has 0 aromatic heterocycles. The van der Waals surface area contributed by atoms with Crippen LogP contribution in [0.15, 0.2) is 24.3 Å². The average molecular weight is 223 g/mol. The van der Waals surface area contributed by atoms with Crippen molar-refractivity contribution in [2.45, 2.75) is 0 Å². The molecule has 0 aliphatic heterocycles. The average Bonchev–Trinajstić information content (AvgIpc) is 2.19. The molecule has 0 atom stereocenters. The molecule has 0 unspecified atom stereocenters. The maximum absolute atomic E-state index is 10.2. The second-order valence-electron chi connectivity index (χ2n) is 4.65. The van der Waals surface area contributed by atoms with Crippen LogP contribution in [-0.4, -0.2) is 45.2 Å². The first kappa shape index (κ1) is 12.5. The van der Waals surface area contributed by atoms with Gasteiger partial charge in [-0.1, -0.05) is 0 Å². The molecule has 1 aromatic carbocycles. The van der Waals surface area contributed by atoms with Gasteiger partial charge in [0, 0.05) is 5.69 Å². The van der Waals surface area contributed by atoms with Crippen LogP contribution < -0.4 is 10.1 Å². The maximum atomic E-state index is 10.2. The number of hydrogen-bond acceptors (Lipinski definition) is 2. The molecule has 88 valence electrons. The number of nitrogens with zero attached hydrogens (tertiary/aromatic N) is 1. The molecule has 0 spiro atoms. The topological polar surface area (TPSA) is 38.3 Å². The zero-order valence-corrected chi connectivity index (χ0v) is 10.1. The van der Waals surface area contributed by atoms with E-state index >= 15 is 0 Å². The Labute approximate surface area is 96.4 Å². The molecule has 0 bridgehead atoms. The van der Waals surface area contributed by atoms with Gasteiger partial charge in [-0.05, 0) is 24.3 Å². The van der Waals surface area contributed by atoms with Crippen LogP contribution in [0.3, 0.4) is 0 Å². The second-order valence-corrected chi connectivity index (χ2v) is 4.65. The van der Waals surface area contributed by atoms with Crippen LogP contribution in [0.5, 0.6) is 5.75 Å². The molecular weight excluding hydrogens is 204 g/mol. The number of amides is 1. The summed E-state index contributed by atoms with van der Waals surface area (Å²) in [7, 11) is 6.38. The standard InChI is InChI=1S/C12H18N2O2/c1-14(2,3)8-9-16-12-6-4-11(5-7-12)13-10-15/h4-7,10H,8-9H2,1-3H3/p+1. The first-order valence-electron chi connectivity index (χ1n) is 5.25. The van der Waals surface area contributed by atoms with Crippen molar-refractivity contribution < 1.29 is 14.0 Å². The number of carbonyl (C=O) groups is 1.